The van der Waals surface area contributed by atoms with Crippen molar-refractivity contribution in [1.29, 1.82) is 0 Å². The number of esters is 1. The predicted molar refractivity (Wildman–Crippen MR) is 170 cm³/mol. The molecule has 0 saturated carbocycles. The molecule has 7 heteroatoms. The molecule has 0 rings (SSSR count). The second-order valence-corrected chi connectivity index (χ2v) is 10.5. The number of allylic oxidation sites excluding steroid dienone is 6. The first-order valence-corrected chi connectivity index (χ1v) is 16.0. The van der Waals surface area contributed by atoms with Gasteiger partial charge in [0.25, 0.3) is 0 Å². The van der Waals surface area contributed by atoms with E-state index in [1.807, 2.05) is 24.3 Å². The van der Waals surface area contributed by atoms with Crippen molar-refractivity contribution in [2.45, 2.75) is 142 Å². The van der Waals surface area contributed by atoms with Crippen LogP contribution < -0.4 is 11.1 Å². The van der Waals surface area contributed by atoms with Crippen LogP contribution in [-0.4, -0.2) is 41.6 Å². The van der Waals surface area contributed by atoms with Gasteiger partial charge < -0.3 is 20.9 Å². The van der Waals surface area contributed by atoms with Gasteiger partial charge >= 0.3 is 11.9 Å². The third-order valence-corrected chi connectivity index (χ3v) is 6.57. The Morgan fingerprint density at radius 3 is 2.10 bits per heavy atom. The zero-order valence-electron chi connectivity index (χ0n) is 25.9. The number of rotatable bonds is 27. The smallest absolute Gasteiger partial charge is 0.326 e. The fourth-order valence-electron chi connectivity index (χ4n) is 4.17. The number of nitrogens with two attached hydrogens (primary N) is 1. The first kappa shape index (κ1) is 38.3. The first-order valence-electron chi connectivity index (χ1n) is 16.0. The SMILES string of the molecule is CC/C=C\C/C=C\C(/C=C\CCCCCC(=O)NC(CCCN)C(=O)O)OC(=O)CCCCCCC/C=C\CCC. The third kappa shape index (κ3) is 26.0. The van der Waals surface area contributed by atoms with Gasteiger partial charge in [0.1, 0.15) is 12.1 Å². The van der Waals surface area contributed by atoms with Crippen LogP contribution in [0.25, 0.3) is 0 Å². The average Bonchev–Trinajstić information content (AvgIpc) is 2.95. The van der Waals surface area contributed by atoms with Gasteiger partial charge in [0.15, 0.2) is 0 Å². The molecule has 0 saturated heterocycles. The van der Waals surface area contributed by atoms with E-state index in [2.05, 4.69) is 43.5 Å². The zero-order valence-corrected chi connectivity index (χ0v) is 25.9. The lowest BCUT2D eigenvalue weighted by Crippen LogP contribution is -2.40. The van der Waals surface area contributed by atoms with Gasteiger partial charge in [0, 0.05) is 12.8 Å². The van der Waals surface area contributed by atoms with Crippen molar-refractivity contribution in [1.82, 2.24) is 5.32 Å². The highest BCUT2D eigenvalue weighted by Crippen LogP contribution is 2.11. The molecule has 0 aliphatic heterocycles. The van der Waals surface area contributed by atoms with Crippen LogP contribution in [0.15, 0.2) is 48.6 Å². The van der Waals surface area contributed by atoms with E-state index in [4.69, 9.17) is 10.5 Å². The van der Waals surface area contributed by atoms with E-state index in [1.54, 1.807) is 0 Å². The van der Waals surface area contributed by atoms with E-state index in [1.165, 1.54) is 19.3 Å². The largest absolute Gasteiger partial charge is 0.480 e. The van der Waals surface area contributed by atoms with Gasteiger partial charge in [-0.25, -0.2) is 4.79 Å². The molecule has 0 radical (unpaired) electrons. The zero-order chi connectivity index (χ0) is 30.4. The van der Waals surface area contributed by atoms with E-state index in [0.29, 0.717) is 38.6 Å². The Bertz CT molecular complexity index is 788. The van der Waals surface area contributed by atoms with Crippen molar-refractivity contribution in [3.8, 4) is 0 Å². The lowest BCUT2D eigenvalue weighted by molar-refractivity contribution is -0.145. The molecule has 2 atom stereocenters. The van der Waals surface area contributed by atoms with Gasteiger partial charge in [-0.3, -0.25) is 9.59 Å². The van der Waals surface area contributed by atoms with Crippen molar-refractivity contribution >= 4 is 17.8 Å². The Morgan fingerprint density at radius 2 is 1.39 bits per heavy atom. The van der Waals surface area contributed by atoms with Crippen LogP contribution in [0.5, 0.6) is 0 Å². The van der Waals surface area contributed by atoms with Crippen LogP contribution in [0.1, 0.15) is 129 Å². The maximum Gasteiger partial charge on any atom is 0.326 e. The minimum absolute atomic E-state index is 0.159. The fraction of sp³-hybridized carbons (Fsp3) is 0.676. The molecule has 0 bridgehead atoms. The minimum Gasteiger partial charge on any atom is -0.480 e. The van der Waals surface area contributed by atoms with Gasteiger partial charge in [0.2, 0.25) is 5.91 Å². The maximum absolute atomic E-state index is 12.4. The molecule has 0 aromatic carbocycles. The van der Waals surface area contributed by atoms with Crippen LogP contribution in [-0.2, 0) is 19.1 Å². The molecule has 0 aromatic rings. The van der Waals surface area contributed by atoms with Gasteiger partial charge in [0.05, 0.1) is 0 Å². The maximum atomic E-state index is 12.4. The first-order chi connectivity index (χ1) is 19.9. The Kier molecular flexibility index (Phi) is 27.0. The highest BCUT2D eigenvalue weighted by atomic mass is 16.5. The van der Waals surface area contributed by atoms with Crippen molar-refractivity contribution in [3.05, 3.63) is 48.6 Å². The lowest BCUT2D eigenvalue weighted by Gasteiger charge is -2.13. The molecule has 4 N–H and O–H groups in total. The average molecular weight is 575 g/mol. The van der Waals surface area contributed by atoms with Gasteiger partial charge in [-0.2, -0.15) is 0 Å². The summed E-state index contributed by atoms with van der Waals surface area (Å²) in [6.45, 7) is 4.69. The lowest BCUT2D eigenvalue weighted by atomic mass is 10.1. The summed E-state index contributed by atoms with van der Waals surface area (Å²) in [5.74, 6) is -1.42. The molecular weight excluding hydrogens is 516 g/mol. The Hall–Kier alpha value is -2.67. The predicted octanol–water partition coefficient (Wildman–Crippen LogP) is 7.71. The molecule has 2 unspecified atom stereocenters. The van der Waals surface area contributed by atoms with Crippen molar-refractivity contribution in [2.24, 2.45) is 5.73 Å². The number of ether oxygens (including phenoxy) is 1. The van der Waals surface area contributed by atoms with Crippen LogP contribution in [0.3, 0.4) is 0 Å². The number of unbranched alkanes of at least 4 members (excludes halogenated alkanes) is 9. The van der Waals surface area contributed by atoms with E-state index < -0.39 is 12.0 Å². The summed E-state index contributed by atoms with van der Waals surface area (Å²) >= 11 is 0. The topological polar surface area (TPSA) is 119 Å². The van der Waals surface area contributed by atoms with Gasteiger partial charge in [-0.15, -0.1) is 0 Å². The Labute approximate surface area is 249 Å². The molecule has 0 aliphatic rings. The minimum atomic E-state index is -1.02. The number of carbonyl (C=O) groups excluding carboxylic acids is 2. The van der Waals surface area contributed by atoms with Crippen LogP contribution in [0.2, 0.25) is 0 Å². The van der Waals surface area contributed by atoms with Crippen molar-refractivity contribution in [3.63, 3.8) is 0 Å². The molecule has 0 aromatic heterocycles. The molecule has 0 aliphatic carbocycles. The van der Waals surface area contributed by atoms with Crippen molar-refractivity contribution < 1.29 is 24.2 Å². The standard InChI is InChI=1S/C34H58N2O5/c1-3-5-7-9-10-11-12-13-18-22-28-33(38)41-30(24-19-15-8-6-4-2)25-20-16-14-17-21-27-32(37)36-31(34(39)40)26-23-29-35/h6-9,19-20,24-25,30-31H,3-5,10-18,21-23,26-29,35H2,1-2H3,(H,36,37)(H,39,40)/b8-6-,9-7-,24-19-,25-20-. The summed E-state index contributed by atoms with van der Waals surface area (Å²) in [4.78, 5) is 35.8. The highest BCUT2D eigenvalue weighted by Gasteiger charge is 2.18. The van der Waals surface area contributed by atoms with Crippen molar-refractivity contribution in [2.75, 3.05) is 6.54 Å². The van der Waals surface area contributed by atoms with E-state index in [9.17, 15) is 19.5 Å². The summed E-state index contributed by atoms with van der Waals surface area (Å²) < 4.78 is 5.73. The second-order valence-electron chi connectivity index (χ2n) is 10.5. The fourth-order valence-corrected chi connectivity index (χ4v) is 4.17. The van der Waals surface area contributed by atoms with Gasteiger partial charge in [-0.05, 0) is 89.3 Å². The van der Waals surface area contributed by atoms with Gasteiger partial charge in [-0.1, -0.05) is 82.4 Å². The Morgan fingerprint density at radius 1 is 0.756 bits per heavy atom. The van der Waals surface area contributed by atoms with Crippen LogP contribution >= 0.6 is 0 Å². The molecule has 41 heavy (non-hydrogen) atoms. The molecular formula is C34H58N2O5. The molecule has 1 amide bonds. The number of amides is 1. The summed E-state index contributed by atoms with van der Waals surface area (Å²) in [5.41, 5.74) is 5.44. The second kappa shape index (κ2) is 28.8. The number of hydrogen-bond donors (Lipinski definition) is 3. The van der Waals surface area contributed by atoms with Crippen LogP contribution in [0, 0.1) is 0 Å². The summed E-state index contributed by atoms with van der Waals surface area (Å²) in [6, 6.07) is -0.873. The highest BCUT2D eigenvalue weighted by molar-refractivity contribution is 5.83. The number of carboxylic acids is 1. The normalized spacial score (nSPS) is 13.4. The quantitative estimate of drug-likeness (QED) is 0.0525. The number of hydrogen-bond acceptors (Lipinski definition) is 5. The van der Waals surface area contributed by atoms with E-state index in [0.717, 1.165) is 64.2 Å². The summed E-state index contributed by atoms with van der Waals surface area (Å²) in [5, 5.41) is 11.8. The molecule has 0 spiro atoms. The van der Waals surface area contributed by atoms with Crippen LogP contribution in [0.4, 0.5) is 0 Å². The van der Waals surface area contributed by atoms with E-state index >= 15 is 0 Å². The molecule has 0 heterocycles. The summed E-state index contributed by atoms with van der Waals surface area (Å²) in [6.07, 6.45) is 32.0. The third-order valence-electron chi connectivity index (χ3n) is 6.57. The number of carboxylic acid groups (broad SMARTS) is 1. The van der Waals surface area contributed by atoms with E-state index in [-0.39, 0.29) is 18.0 Å². The monoisotopic (exact) mass is 574 g/mol. The number of carbonyl (C=O) groups is 3. The molecule has 7 nitrogen and oxygen atoms in total. The number of aliphatic carboxylic acids is 1. The molecule has 234 valence electrons. The Balaban J connectivity index is 4.37. The number of nitrogens with one attached hydrogen (secondary N) is 1. The molecule has 0 fully saturated rings. The summed E-state index contributed by atoms with van der Waals surface area (Å²) in [7, 11) is 0.